The molecule has 5 rings (SSSR count). The van der Waals surface area contributed by atoms with Crippen molar-refractivity contribution in [2.75, 3.05) is 6.61 Å². The number of rotatable bonds is 7. The van der Waals surface area contributed by atoms with Gasteiger partial charge in [-0.05, 0) is 49.9 Å². The van der Waals surface area contributed by atoms with E-state index in [2.05, 4.69) is 5.10 Å². The number of aromatic nitrogens is 4. The van der Waals surface area contributed by atoms with E-state index in [9.17, 15) is 14.4 Å². The molecule has 2 aromatic carbocycles. The molecule has 0 aliphatic rings. The van der Waals surface area contributed by atoms with E-state index in [-0.39, 0.29) is 30.2 Å². The number of ether oxygens (including phenoxy) is 1. The van der Waals surface area contributed by atoms with Gasteiger partial charge < -0.3 is 4.74 Å². The number of nitrogens with zero attached hydrogens (tertiary/aromatic N) is 4. The summed E-state index contributed by atoms with van der Waals surface area (Å²) in [6.45, 7) is 6.11. The monoisotopic (exact) mass is 488 g/mol. The van der Waals surface area contributed by atoms with Crippen LogP contribution in [-0.4, -0.2) is 31.1 Å². The standard InChI is InChI=1S/C26H24N4O4S/c1-4-34-22-8-6-5-7-18(22)14-28-24(32)23-20(11-12-35-23)30-25(28)27-29(26(30)33)15-21(31)19-13-16(2)9-10-17(19)3/h5-13H,4,14-15H2,1-3H3. The summed E-state index contributed by atoms with van der Waals surface area (Å²) in [5, 5.41) is 6.24. The van der Waals surface area contributed by atoms with E-state index < -0.39 is 5.69 Å². The maximum absolute atomic E-state index is 13.4. The highest BCUT2D eigenvalue weighted by atomic mass is 32.1. The van der Waals surface area contributed by atoms with Crippen molar-refractivity contribution < 1.29 is 9.53 Å². The fourth-order valence-electron chi connectivity index (χ4n) is 4.24. The van der Waals surface area contributed by atoms with Crippen molar-refractivity contribution in [3.63, 3.8) is 0 Å². The maximum Gasteiger partial charge on any atom is 0.352 e. The largest absolute Gasteiger partial charge is 0.494 e. The molecule has 178 valence electrons. The van der Waals surface area contributed by atoms with Gasteiger partial charge in [-0.15, -0.1) is 16.4 Å². The number of hydrogen-bond acceptors (Lipinski definition) is 6. The topological polar surface area (TPSA) is 87.6 Å². The van der Waals surface area contributed by atoms with E-state index in [0.717, 1.165) is 21.4 Å². The van der Waals surface area contributed by atoms with Gasteiger partial charge in [0.15, 0.2) is 5.78 Å². The van der Waals surface area contributed by atoms with E-state index in [1.807, 2.05) is 63.2 Å². The Morgan fingerprint density at radius 3 is 2.69 bits per heavy atom. The zero-order valence-electron chi connectivity index (χ0n) is 19.6. The van der Waals surface area contributed by atoms with Crippen molar-refractivity contribution in [2.24, 2.45) is 0 Å². The lowest BCUT2D eigenvalue weighted by Crippen LogP contribution is -2.27. The predicted octanol–water partition coefficient (Wildman–Crippen LogP) is 3.82. The first-order chi connectivity index (χ1) is 16.9. The summed E-state index contributed by atoms with van der Waals surface area (Å²) in [5.74, 6) is 0.637. The van der Waals surface area contributed by atoms with Crippen LogP contribution in [0.3, 0.4) is 0 Å². The highest BCUT2D eigenvalue weighted by Crippen LogP contribution is 2.22. The van der Waals surface area contributed by atoms with Gasteiger partial charge in [-0.25, -0.2) is 13.9 Å². The molecule has 0 atom stereocenters. The van der Waals surface area contributed by atoms with E-state index in [1.165, 1.54) is 20.3 Å². The molecule has 3 aromatic heterocycles. The van der Waals surface area contributed by atoms with Gasteiger partial charge >= 0.3 is 5.69 Å². The van der Waals surface area contributed by atoms with Crippen LogP contribution in [0.2, 0.25) is 0 Å². The van der Waals surface area contributed by atoms with Gasteiger partial charge in [0.25, 0.3) is 5.56 Å². The van der Waals surface area contributed by atoms with Crippen molar-refractivity contribution >= 4 is 33.1 Å². The number of carbonyl (C=O) groups excluding carboxylic acids is 1. The molecule has 0 saturated carbocycles. The van der Waals surface area contributed by atoms with Crippen LogP contribution in [0.4, 0.5) is 0 Å². The predicted molar refractivity (Wildman–Crippen MR) is 136 cm³/mol. The molecule has 0 aliphatic carbocycles. The third-order valence-corrected chi connectivity index (χ3v) is 6.87. The molecule has 0 unspecified atom stereocenters. The molecule has 0 amide bonds. The van der Waals surface area contributed by atoms with Gasteiger partial charge in [0, 0.05) is 11.1 Å². The van der Waals surface area contributed by atoms with Gasteiger partial charge in [-0.2, -0.15) is 0 Å². The molecular formula is C26H24N4O4S. The molecule has 35 heavy (non-hydrogen) atoms. The van der Waals surface area contributed by atoms with Gasteiger partial charge in [-0.3, -0.25) is 14.2 Å². The molecule has 0 radical (unpaired) electrons. The Labute approximate surface area is 204 Å². The molecule has 0 saturated heterocycles. The maximum atomic E-state index is 13.4. The lowest BCUT2D eigenvalue weighted by Gasteiger charge is -2.12. The summed E-state index contributed by atoms with van der Waals surface area (Å²) in [5.41, 5.74) is 2.92. The summed E-state index contributed by atoms with van der Waals surface area (Å²) >= 11 is 1.27. The Morgan fingerprint density at radius 1 is 1.09 bits per heavy atom. The van der Waals surface area contributed by atoms with Gasteiger partial charge in [0.2, 0.25) is 5.78 Å². The van der Waals surface area contributed by atoms with Gasteiger partial charge in [0.1, 0.15) is 17.0 Å². The van der Waals surface area contributed by atoms with Crippen molar-refractivity contribution in [3.8, 4) is 5.75 Å². The number of aryl methyl sites for hydroxylation is 2. The van der Waals surface area contributed by atoms with Crippen LogP contribution in [0.5, 0.6) is 5.75 Å². The lowest BCUT2D eigenvalue weighted by atomic mass is 10.0. The number of hydrogen-bond donors (Lipinski definition) is 0. The van der Waals surface area contributed by atoms with E-state index in [0.29, 0.717) is 28.1 Å². The number of ketones is 1. The van der Waals surface area contributed by atoms with E-state index in [4.69, 9.17) is 4.74 Å². The number of fused-ring (bicyclic) bond motifs is 3. The minimum atomic E-state index is -0.464. The lowest BCUT2D eigenvalue weighted by molar-refractivity contribution is 0.0965. The van der Waals surface area contributed by atoms with Crippen LogP contribution >= 0.6 is 11.3 Å². The minimum absolute atomic E-state index is 0.174. The summed E-state index contributed by atoms with van der Waals surface area (Å²) in [6.07, 6.45) is 0. The number of benzene rings is 2. The molecule has 0 bridgehead atoms. The first-order valence-electron chi connectivity index (χ1n) is 11.3. The number of thiophene rings is 1. The normalized spacial score (nSPS) is 11.4. The number of Topliss-reactive ketones (excluding diaryl/α,β-unsaturated/α-hetero) is 1. The third-order valence-electron chi connectivity index (χ3n) is 5.98. The highest BCUT2D eigenvalue weighted by molar-refractivity contribution is 7.17. The van der Waals surface area contributed by atoms with Crippen molar-refractivity contribution in [1.29, 1.82) is 0 Å². The molecule has 0 spiro atoms. The summed E-state index contributed by atoms with van der Waals surface area (Å²) in [7, 11) is 0. The molecule has 0 N–H and O–H groups in total. The Balaban J connectivity index is 1.66. The quantitative estimate of drug-likeness (QED) is 0.325. The molecule has 3 heterocycles. The summed E-state index contributed by atoms with van der Waals surface area (Å²) in [4.78, 5) is 39.9. The van der Waals surface area contributed by atoms with Crippen LogP contribution in [0.1, 0.15) is 34.0 Å². The summed E-state index contributed by atoms with van der Waals surface area (Å²) in [6, 6.07) is 14.8. The van der Waals surface area contributed by atoms with Crippen molar-refractivity contribution in [2.45, 2.75) is 33.9 Å². The van der Waals surface area contributed by atoms with Gasteiger partial charge in [0.05, 0.1) is 18.7 Å². The Kier molecular flexibility index (Phi) is 5.86. The second kappa shape index (κ2) is 8.99. The zero-order valence-corrected chi connectivity index (χ0v) is 20.5. The van der Waals surface area contributed by atoms with Crippen LogP contribution in [0.25, 0.3) is 16.0 Å². The van der Waals surface area contributed by atoms with Crippen LogP contribution in [0.15, 0.2) is 63.5 Å². The second-order valence-corrected chi connectivity index (χ2v) is 9.30. The molecule has 5 aromatic rings. The molecule has 8 nitrogen and oxygen atoms in total. The molecule has 0 fully saturated rings. The van der Waals surface area contributed by atoms with Crippen LogP contribution < -0.4 is 16.0 Å². The van der Waals surface area contributed by atoms with Gasteiger partial charge in [-0.1, -0.05) is 35.9 Å². The first kappa shape index (κ1) is 22.8. The Bertz CT molecular complexity index is 1710. The van der Waals surface area contributed by atoms with Crippen LogP contribution in [0, 0.1) is 13.8 Å². The summed E-state index contributed by atoms with van der Waals surface area (Å²) < 4.78 is 10.2. The SMILES string of the molecule is CCOc1ccccc1Cn1c(=O)c2sccc2n2c(=O)n(CC(=O)c3cc(C)ccc3C)nc12. The minimum Gasteiger partial charge on any atom is -0.494 e. The Hall–Kier alpha value is -3.98. The van der Waals surface area contributed by atoms with E-state index in [1.54, 1.807) is 11.4 Å². The Morgan fingerprint density at radius 2 is 1.89 bits per heavy atom. The first-order valence-corrected chi connectivity index (χ1v) is 12.2. The zero-order chi connectivity index (χ0) is 24.7. The average molecular weight is 489 g/mol. The number of carbonyl (C=O) groups is 1. The van der Waals surface area contributed by atoms with E-state index >= 15 is 0 Å². The fraction of sp³-hybridized carbons (Fsp3) is 0.231. The van der Waals surface area contributed by atoms with Crippen LogP contribution in [-0.2, 0) is 13.1 Å². The molecular weight excluding hydrogens is 464 g/mol. The molecule has 0 aliphatic heterocycles. The van der Waals surface area contributed by atoms with Crippen molar-refractivity contribution in [3.05, 3.63) is 97.0 Å². The molecule has 9 heteroatoms. The number of para-hydroxylation sites is 1. The highest BCUT2D eigenvalue weighted by Gasteiger charge is 2.21. The fourth-order valence-corrected chi connectivity index (χ4v) is 5.06. The average Bonchev–Trinajstić information content (AvgIpc) is 3.44. The third kappa shape index (κ3) is 3.97. The second-order valence-electron chi connectivity index (χ2n) is 8.38. The smallest absolute Gasteiger partial charge is 0.352 e. The van der Waals surface area contributed by atoms with Crippen molar-refractivity contribution in [1.82, 2.24) is 18.7 Å².